The molecule has 2 aromatic carbocycles. The summed E-state index contributed by atoms with van der Waals surface area (Å²) in [6.45, 7) is 0. The number of anilines is 2. The average molecular weight is 354 g/mol. The van der Waals surface area contributed by atoms with Crippen LogP contribution in [-0.4, -0.2) is 36.8 Å². The predicted octanol–water partition coefficient (Wildman–Crippen LogP) is 3.14. The molecule has 3 aromatic rings. The summed E-state index contributed by atoms with van der Waals surface area (Å²) in [6, 6.07) is 18.2. The highest BCUT2D eigenvalue weighted by molar-refractivity contribution is 7.89. The number of aromatic nitrogens is 2. The highest BCUT2D eigenvalue weighted by atomic mass is 32.2. The maximum Gasteiger partial charge on any atom is 0.242 e. The van der Waals surface area contributed by atoms with Crippen LogP contribution in [0.3, 0.4) is 0 Å². The molecular weight excluding hydrogens is 336 g/mol. The summed E-state index contributed by atoms with van der Waals surface area (Å²) < 4.78 is 25.4. The Bertz CT molecular complexity index is 956. The molecule has 6 nitrogen and oxygen atoms in total. The third kappa shape index (κ3) is 3.84. The Hall–Kier alpha value is -2.77. The minimum Gasteiger partial charge on any atom is -0.340 e. The number of hydrogen-bond donors (Lipinski definition) is 1. The summed E-state index contributed by atoms with van der Waals surface area (Å²) in [5.41, 5.74) is 2.56. The smallest absolute Gasteiger partial charge is 0.242 e. The topological polar surface area (TPSA) is 75.2 Å². The van der Waals surface area contributed by atoms with Crippen molar-refractivity contribution >= 4 is 21.5 Å². The van der Waals surface area contributed by atoms with Crippen LogP contribution in [-0.2, 0) is 10.0 Å². The van der Waals surface area contributed by atoms with Crippen LogP contribution < -0.4 is 5.32 Å². The summed E-state index contributed by atoms with van der Waals surface area (Å²) in [5.74, 6) is 0.636. The molecule has 0 unspecified atom stereocenters. The maximum absolute atomic E-state index is 12.1. The van der Waals surface area contributed by atoms with E-state index in [9.17, 15) is 8.42 Å². The van der Waals surface area contributed by atoms with Gasteiger partial charge in [0.15, 0.2) is 0 Å². The normalized spacial score (nSPS) is 11.5. The van der Waals surface area contributed by atoms with E-state index in [0.29, 0.717) is 5.82 Å². The lowest BCUT2D eigenvalue weighted by Gasteiger charge is -2.12. The quantitative estimate of drug-likeness (QED) is 0.762. The Labute approximate surface area is 147 Å². The number of rotatable bonds is 5. The second-order valence-electron chi connectivity index (χ2n) is 5.59. The van der Waals surface area contributed by atoms with E-state index in [1.807, 2.05) is 36.4 Å². The van der Waals surface area contributed by atoms with E-state index < -0.39 is 10.0 Å². The fourth-order valence-corrected chi connectivity index (χ4v) is 3.16. The standard InChI is InChI=1S/C18H18N4O2S/c1-22(2)25(23,24)16-10-8-15(9-11-16)21-18-12-17(19-13-20-18)14-6-4-3-5-7-14/h3-13H,1-2H3,(H,19,20,21). The fraction of sp³-hybridized carbons (Fsp3) is 0.111. The lowest BCUT2D eigenvalue weighted by atomic mass is 10.1. The molecule has 0 atom stereocenters. The molecule has 25 heavy (non-hydrogen) atoms. The van der Waals surface area contributed by atoms with Crippen molar-refractivity contribution in [1.29, 1.82) is 0 Å². The fourth-order valence-electron chi connectivity index (χ4n) is 2.26. The van der Waals surface area contributed by atoms with E-state index in [1.54, 1.807) is 24.3 Å². The van der Waals surface area contributed by atoms with Gasteiger partial charge in [0.2, 0.25) is 10.0 Å². The van der Waals surface area contributed by atoms with Gasteiger partial charge in [-0.1, -0.05) is 30.3 Å². The Morgan fingerprint density at radius 3 is 2.24 bits per heavy atom. The zero-order chi connectivity index (χ0) is 17.9. The van der Waals surface area contributed by atoms with Gasteiger partial charge in [-0.2, -0.15) is 0 Å². The molecule has 0 aliphatic carbocycles. The number of sulfonamides is 1. The van der Waals surface area contributed by atoms with Crippen molar-refractivity contribution in [1.82, 2.24) is 14.3 Å². The molecule has 1 N–H and O–H groups in total. The molecule has 1 aromatic heterocycles. The van der Waals surface area contributed by atoms with E-state index in [0.717, 1.165) is 16.9 Å². The predicted molar refractivity (Wildman–Crippen MR) is 98.1 cm³/mol. The Kier molecular flexibility index (Phi) is 4.78. The Morgan fingerprint density at radius 1 is 0.920 bits per heavy atom. The molecule has 1 heterocycles. The zero-order valence-electron chi connectivity index (χ0n) is 13.9. The van der Waals surface area contributed by atoms with E-state index in [2.05, 4.69) is 15.3 Å². The highest BCUT2D eigenvalue weighted by Crippen LogP contribution is 2.22. The van der Waals surface area contributed by atoms with Crippen LogP contribution in [0.15, 0.2) is 71.9 Å². The van der Waals surface area contributed by atoms with Gasteiger partial charge in [-0.25, -0.2) is 22.7 Å². The number of hydrogen-bond acceptors (Lipinski definition) is 5. The minimum atomic E-state index is -3.43. The molecule has 0 amide bonds. The zero-order valence-corrected chi connectivity index (χ0v) is 14.7. The first-order chi connectivity index (χ1) is 12.0. The lowest BCUT2D eigenvalue weighted by Crippen LogP contribution is -2.22. The van der Waals surface area contributed by atoms with Gasteiger partial charge in [0.1, 0.15) is 12.1 Å². The van der Waals surface area contributed by atoms with E-state index in [1.165, 1.54) is 24.7 Å². The molecule has 3 rings (SSSR count). The molecular formula is C18H18N4O2S. The molecule has 0 fully saturated rings. The molecule has 0 saturated heterocycles. The van der Waals surface area contributed by atoms with Crippen molar-refractivity contribution in [2.45, 2.75) is 4.90 Å². The molecule has 0 aliphatic rings. The molecule has 0 bridgehead atoms. The summed E-state index contributed by atoms with van der Waals surface area (Å²) in [5, 5.41) is 3.16. The summed E-state index contributed by atoms with van der Waals surface area (Å²) in [7, 11) is -0.414. The van der Waals surface area contributed by atoms with Crippen molar-refractivity contribution in [3.8, 4) is 11.3 Å². The summed E-state index contributed by atoms with van der Waals surface area (Å²) in [6.07, 6.45) is 1.50. The minimum absolute atomic E-state index is 0.246. The first-order valence-corrected chi connectivity index (χ1v) is 9.08. The lowest BCUT2D eigenvalue weighted by molar-refractivity contribution is 0.521. The van der Waals surface area contributed by atoms with Crippen molar-refractivity contribution in [3.63, 3.8) is 0 Å². The Morgan fingerprint density at radius 2 is 1.60 bits per heavy atom. The molecule has 0 saturated carbocycles. The number of benzene rings is 2. The number of nitrogens with one attached hydrogen (secondary N) is 1. The van der Waals surface area contributed by atoms with Crippen LogP contribution in [0.2, 0.25) is 0 Å². The van der Waals surface area contributed by atoms with Crippen molar-refractivity contribution < 1.29 is 8.42 Å². The first-order valence-electron chi connectivity index (χ1n) is 7.64. The summed E-state index contributed by atoms with van der Waals surface area (Å²) in [4.78, 5) is 8.74. The highest BCUT2D eigenvalue weighted by Gasteiger charge is 2.16. The van der Waals surface area contributed by atoms with Crippen LogP contribution >= 0.6 is 0 Å². The molecule has 0 aliphatic heterocycles. The van der Waals surface area contributed by atoms with Crippen LogP contribution in [0, 0.1) is 0 Å². The van der Waals surface area contributed by atoms with Crippen LogP contribution in [0.25, 0.3) is 11.3 Å². The first kappa shape index (κ1) is 17.1. The van der Waals surface area contributed by atoms with Gasteiger partial charge >= 0.3 is 0 Å². The van der Waals surface area contributed by atoms with Gasteiger partial charge in [-0.05, 0) is 24.3 Å². The molecule has 0 radical (unpaired) electrons. The molecule has 0 spiro atoms. The average Bonchev–Trinajstić information content (AvgIpc) is 2.63. The largest absolute Gasteiger partial charge is 0.340 e. The second kappa shape index (κ2) is 7.00. The van der Waals surface area contributed by atoms with Gasteiger partial charge in [0, 0.05) is 31.4 Å². The molecule has 128 valence electrons. The van der Waals surface area contributed by atoms with E-state index in [-0.39, 0.29) is 4.90 Å². The van der Waals surface area contributed by atoms with Crippen molar-refractivity contribution in [2.75, 3.05) is 19.4 Å². The monoisotopic (exact) mass is 354 g/mol. The van der Waals surface area contributed by atoms with Gasteiger partial charge in [0.05, 0.1) is 10.6 Å². The third-order valence-corrected chi connectivity index (χ3v) is 5.47. The van der Waals surface area contributed by atoms with Crippen LogP contribution in [0.5, 0.6) is 0 Å². The van der Waals surface area contributed by atoms with Crippen LogP contribution in [0.1, 0.15) is 0 Å². The van der Waals surface area contributed by atoms with Gasteiger partial charge < -0.3 is 5.32 Å². The van der Waals surface area contributed by atoms with Crippen molar-refractivity contribution in [3.05, 3.63) is 67.0 Å². The maximum atomic E-state index is 12.1. The van der Waals surface area contributed by atoms with E-state index >= 15 is 0 Å². The third-order valence-electron chi connectivity index (χ3n) is 3.64. The van der Waals surface area contributed by atoms with E-state index in [4.69, 9.17) is 0 Å². The number of nitrogens with zero attached hydrogens (tertiary/aromatic N) is 3. The Balaban J connectivity index is 1.82. The molecule has 7 heteroatoms. The van der Waals surface area contributed by atoms with Crippen LogP contribution in [0.4, 0.5) is 11.5 Å². The van der Waals surface area contributed by atoms with Gasteiger partial charge in [-0.15, -0.1) is 0 Å². The van der Waals surface area contributed by atoms with Gasteiger partial charge in [-0.3, -0.25) is 0 Å². The summed E-state index contributed by atoms with van der Waals surface area (Å²) >= 11 is 0. The SMILES string of the molecule is CN(C)S(=O)(=O)c1ccc(Nc2cc(-c3ccccc3)ncn2)cc1. The van der Waals surface area contributed by atoms with Gasteiger partial charge in [0.25, 0.3) is 0 Å². The second-order valence-corrected chi connectivity index (χ2v) is 7.74. The van der Waals surface area contributed by atoms with Crippen molar-refractivity contribution in [2.24, 2.45) is 0 Å².